The van der Waals surface area contributed by atoms with Crippen LogP contribution in [0, 0.1) is 0 Å². The van der Waals surface area contributed by atoms with Crippen molar-refractivity contribution in [3.63, 3.8) is 0 Å². The summed E-state index contributed by atoms with van der Waals surface area (Å²) in [6.45, 7) is 0. The van der Waals surface area contributed by atoms with Crippen LogP contribution in [0.2, 0.25) is 0 Å². The molecule has 2 rings (SSSR count). The second-order valence-electron chi connectivity index (χ2n) is 1.59. The maximum absolute atomic E-state index is 3.06. The van der Waals surface area contributed by atoms with Crippen LogP contribution < -0.4 is 0 Å². The Hall–Kier alpha value is -0.0200. The Morgan fingerprint density at radius 1 is 1.25 bits per heavy atom. The van der Waals surface area contributed by atoms with Crippen molar-refractivity contribution in [3.05, 3.63) is 12.4 Å². The molecule has 8 heavy (non-hydrogen) atoms. The maximum Gasteiger partial charge on any atom is 0.0488 e. The fraction of sp³-hybridized carbons (Fsp3) is 0.200. The molecule has 2 heterocycles. The molecule has 1 aromatic heterocycles. The summed E-state index contributed by atoms with van der Waals surface area (Å²) in [5, 5.41) is 1.19. The Kier molecular flexibility index (Phi) is 1.05. The van der Waals surface area contributed by atoms with Gasteiger partial charge in [-0.15, -0.1) is 23.5 Å². The van der Waals surface area contributed by atoms with E-state index in [2.05, 4.69) is 17.4 Å². The number of H-pyrrole nitrogens is 1. The third kappa shape index (κ3) is 0.581. The smallest absolute Gasteiger partial charge is 0.0488 e. The number of fused-ring (bicyclic) bond motifs is 1. The summed E-state index contributed by atoms with van der Waals surface area (Å²) in [5.74, 6) is 0. The lowest BCUT2D eigenvalue weighted by Gasteiger charge is -1.76. The molecule has 0 unspecified atom stereocenters. The Bertz CT molecular complexity index is 176. The minimum atomic E-state index is 1.19. The number of hydrogen-bond donors (Lipinski definition) is 1. The van der Waals surface area contributed by atoms with E-state index in [1.165, 1.54) is 14.9 Å². The Morgan fingerprint density at radius 3 is 2.50 bits per heavy atom. The number of nitrogens with one attached hydrogen (secondary N) is 1. The van der Waals surface area contributed by atoms with Crippen molar-refractivity contribution in [2.24, 2.45) is 0 Å². The van der Waals surface area contributed by atoms with Gasteiger partial charge in [-0.1, -0.05) is 0 Å². The minimum absolute atomic E-state index is 1.19. The van der Waals surface area contributed by atoms with Gasteiger partial charge in [0.05, 0.1) is 0 Å². The number of thioether (sulfide) groups is 2. The summed E-state index contributed by atoms with van der Waals surface area (Å²) in [5.41, 5.74) is 0. The fourth-order valence-corrected chi connectivity index (χ4v) is 3.03. The van der Waals surface area contributed by atoms with Crippen LogP contribution in [0.4, 0.5) is 0 Å². The molecule has 0 amide bonds. The summed E-state index contributed by atoms with van der Waals surface area (Å²) in [4.78, 5) is 5.88. The first-order valence-corrected chi connectivity index (χ1v) is 4.36. The molecule has 0 radical (unpaired) electrons. The largest absolute Gasteiger partial charge is 0.366 e. The molecule has 0 aliphatic carbocycles. The predicted octanol–water partition coefficient (Wildman–Crippen LogP) is 2.17. The van der Waals surface area contributed by atoms with Gasteiger partial charge in [0, 0.05) is 27.3 Å². The molecular formula is C5H5NS2. The molecule has 0 aromatic carbocycles. The molecule has 0 spiro atoms. The van der Waals surface area contributed by atoms with E-state index in [0.717, 1.165) is 0 Å². The van der Waals surface area contributed by atoms with Crippen LogP contribution in [0.1, 0.15) is 0 Å². The van der Waals surface area contributed by atoms with Crippen molar-refractivity contribution in [1.29, 1.82) is 0 Å². The van der Waals surface area contributed by atoms with Gasteiger partial charge < -0.3 is 4.98 Å². The van der Waals surface area contributed by atoms with E-state index in [-0.39, 0.29) is 0 Å². The first kappa shape index (κ1) is 4.82. The van der Waals surface area contributed by atoms with Crippen LogP contribution in [-0.2, 0) is 0 Å². The van der Waals surface area contributed by atoms with Crippen molar-refractivity contribution >= 4 is 23.5 Å². The van der Waals surface area contributed by atoms with E-state index in [4.69, 9.17) is 0 Å². The molecule has 0 saturated heterocycles. The van der Waals surface area contributed by atoms with Crippen molar-refractivity contribution in [2.75, 3.05) is 5.08 Å². The molecule has 1 aliphatic heterocycles. The second-order valence-corrected chi connectivity index (χ2v) is 3.99. The highest BCUT2D eigenvalue weighted by atomic mass is 32.2. The third-order valence-corrected chi connectivity index (χ3v) is 3.47. The van der Waals surface area contributed by atoms with Gasteiger partial charge in [0.1, 0.15) is 0 Å². The molecule has 0 bridgehead atoms. The van der Waals surface area contributed by atoms with Gasteiger partial charge in [0.15, 0.2) is 0 Å². The van der Waals surface area contributed by atoms with Gasteiger partial charge in [-0.3, -0.25) is 0 Å². The highest BCUT2D eigenvalue weighted by molar-refractivity contribution is 8.18. The monoisotopic (exact) mass is 143 g/mol. The fourth-order valence-electron chi connectivity index (χ4n) is 0.717. The zero-order valence-electron chi connectivity index (χ0n) is 4.18. The van der Waals surface area contributed by atoms with E-state index in [0.29, 0.717) is 0 Å². The van der Waals surface area contributed by atoms with Crippen LogP contribution in [0.25, 0.3) is 0 Å². The second kappa shape index (κ2) is 1.74. The third-order valence-electron chi connectivity index (χ3n) is 1.10. The van der Waals surface area contributed by atoms with E-state index in [1.807, 2.05) is 23.5 Å². The summed E-state index contributed by atoms with van der Waals surface area (Å²) in [7, 11) is 0. The Morgan fingerprint density at radius 2 is 1.88 bits per heavy atom. The molecule has 1 aliphatic rings. The molecule has 1 aromatic rings. The maximum atomic E-state index is 3.06. The molecule has 1 N–H and O–H groups in total. The topological polar surface area (TPSA) is 15.8 Å². The quantitative estimate of drug-likeness (QED) is 0.599. The van der Waals surface area contributed by atoms with Gasteiger partial charge in [-0.2, -0.15) is 0 Å². The number of rotatable bonds is 0. The number of aromatic nitrogens is 1. The van der Waals surface area contributed by atoms with E-state index >= 15 is 0 Å². The standard InChI is InChI=1S/C5H5NS2/c1-4-5(2-6-1)8-3-7-4/h1-2,6H,3H2. The zero-order chi connectivity index (χ0) is 5.40. The highest BCUT2D eigenvalue weighted by Gasteiger charge is 2.10. The summed E-state index contributed by atoms with van der Waals surface area (Å²) >= 11 is 3.81. The van der Waals surface area contributed by atoms with Crippen LogP contribution in [0.15, 0.2) is 22.2 Å². The van der Waals surface area contributed by atoms with Gasteiger partial charge in [0.25, 0.3) is 0 Å². The van der Waals surface area contributed by atoms with Crippen LogP contribution in [-0.4, -0.2) is 10.1 Å². The molecule has 0 fully saturated rings. The number of aromatic amines is 1. The van der Waals surface area contributed by atoms with Gasteiger partial charge in [-0.25, -0.2) is 0 Å². The lowest BCUT2D eigenvalue weighted by Crippen LogP contribution is -1.54. The summed E-state index contributed by atoms with van der Waals surface area (Å²) in [6.07, 6.45) is 4.11. The van der Waals surface area contributed by atoms with Gasteiger partial charge in [-0.05, 0) is 0 Å². The zero-order valence-corrected chi connectivity index (χ0v) is 5.81. The van der Waals surface area contributed by atoms with Gasteiger partial charge in [0.2, 0.25) is 0 Å². The lowest BCUT2D eigenvalue weighted by atomic mass is 10.7. The van der Waals surface area contributed by atoms with Crippen molar-refractivity contribution < 1.29 is 0 Å². The molecule has 0 atom stereocenters. The summed E-state index contributed by atoms with van der Waals surface area (Å²) < 4.78 is 0. The van der Waals surface area contributed by atoms with Crippen molar-refractivity contribution in [3.8, 4) is 0 Å². The van der Waals surface area contributed by atoms with Crippen LogP contribution in [0.5, 0.6) is 0 Å². The molecule has 42 valence electrons. The average Bonchev–Trinajstić information content (AvgIpc) is 2.15. The minimum Gasteiger partial charge on any atom is -0.366 e. The predicted molar refractivity (Wildman–Crippen MR) is 37.4 cm³/mol. The molecular weight excluding hydrogens is 138 g/mol. The van der Waals surface area contributed by atoms with E-state index < -0.39 is 0 Å². The van der Waals surface area contributed by atoms with Crippen molar-refractivity contribution in [1.82, 2.24) is 4.98 Å². The molecule has 1 nitrogen and oxygen atoms in total. The highest BCUT2D eigenvalue weighted by Crippen LogP contribution is 2.40. The lowest BCUT2D eigenvalue weighted by molar-refractivity contribution is 1.36. The SMILES string of the molecule is c1[nH]cc2c1SCS2. The van der Waals surface area contributed by atoms with Crippen LogP contribution in [0.3, 0.4) is 0 Å². The molecule has 0 saturated carbocycles. The van der Waals surface area contributed by atoms with Crippen LogP contribution >= 0.6 is 23.5 Å². The number of hydrogen-bond acceptors (Lipinski definition) is 2. The first-order valence-electron chi connectivity index (χ1n) is 2.39. The van der Waals surface area contributed by atoms with Gasteiger partial charge >= 0.3 is 0 Å². The average molecular weight is 143 g/mol. The first-order chi connectivity index (χ1) is 3.97. The normalized spacial score (nSPS) is 16.5. The van der Waals surface area contributed by atoms with Crippen molar-refractivity contribution in [2.45, 2.75) is 9.79 Å². The molecule has 3 heteroatoms. The van der Waals surface area contributed by atoms with E-state index in [1.54, 1.807) is 0 Å². The van der Waals surface area contributed by atoms with E-state index in [9.17, 15) is 0 Å². The Balaban J connectivity index is 2.54. The summed E-state index contributed by atoms with van der Waals surface area (Å²) in [6, 6.07) is 0. The Labute approximate surface area is 56.2 Å².